The quantitative estimate of drug-likeness (QED) is 0.394. The van der Waals surface area contributed by atoms with Crippen LogP contribution in [-0.4, -0.2) is 27.5 Å². The Hall–Kier alpha value is 1.37. The Bertz CT molecular complexity index is 169. The molecule has 0 spiro atoms. The first kappa shape index (κ1) is 8.47. The third kappa shape index (κ3) is 1.23. The van der Waals surface area contributed by atoms with E-state index in [1.807, 2.05) is 0 Å². The monoisotopic (exact) mass is 268 g/mol. The van der Waals surface area contributed by atoms with E-state index < -0.39 is 27.5 Å². The van der Waals surface area contributed by atoms with E-state index in [-0.39, 0.29) is 0 Å². The fraction of sp³-hybridized carbons (Fsp3) is 0.667. The third-order valence-corrected chi connectivity index (χ3v) is 11.1. The van der Waals surface area contributed by atoms with Gasteiger partial charge in [-0.25, -0.2) is 0 Å². The van der Waals surface area contributed by atoms with E-state index >= 15 is 0 Å². The third-order valence-electron chi connectivity index (χ3n) is 1.23. The molecule has 0 aliphatic carbocycles. The number of halogens is 4. The van der Waals surface area contributed by atoms with Crippen molar-refractivity contribution in [2.24, 2.45) is 0 Å². The molecule has 9 heavy (non-hydrogen) atoms. The molecular weight excluding hydrogens is 266 g/mol. The van der Waals surface area contributed by atoms with E-state index in [2.05, 4.69) is 0 Å². The van der Waals surface area contributed by atoms with Crippen LogP contribution in [0.1, 0.15) is 0 Å². The van der Waals surface area contributed by atoms with Crippen LogP contribution in [0.2, 0.25) is 0 Å². The van der Waals surface area contributed by atoms with E-state index in [1.165, 1.54) is 0 Å². The van der Waals surface area contributed by atoms with Crippen LogP contribution in [-0.2, 0) is 4.79 Å². The molecule has 1 heterocycles. The van der Waals surface area contributed by atoms with Gasteiger partial charge >= 0.3 is 78.7 Å². The molecule has 0 saturated carbocycles. The molecule has 0 aromatic carbocycles. The van der Waals surface area contributed by atoms with Crippen molar-refractivity contribution in [1.82, 2.24) is 0 Å². The molecule has 1 aliphatic rings. The average molecular weight is 268 g/mol. The topological polar surface area (TPSA) is 17.1 Å². The molecule has 6 heteroatoms. The normalized spacial score (nSPS) is 40.9. The van der Waals surface area contributed by atoms with E-state index in [9.17, 15) is 4.79 Å². The van der Waals surface area contributed by atoms with Crippen molar-refractivity contribution < 1.29 is 4.79 Å². The van der Waals surface area contributed by atoms with Crippen LogP contribution in [0.15, 0.2) is 0 Å². The zero-order valence-corrected chi connectivity index (χ0v) is 10.1. The molecule has 52 valence electrons. The van der Waals surface area contributed by atoms with Crippen molar-refractivity contribution in [3.63, 3.8) is 0 Å². The van der Waals surface area contributed by atoms with Crippen molar-refractivity contribution in [1.29, 1.82) is 0 Å². The number of rotatable bonds is 1. The summed E-state index contributed by atoms with van der Waals surface area (Å²) in [5, 5.41) is -0.603. The number of hydrogen-bond donors (Lipinski definition) is 0. The van der Waals surface area contributed by atoms with Crippen LogP contribution in [0, 0.1) is 0 Å². The molecule has 0 N–H and O–H groups in total. The summed E-state index contributed by atoms with van der Waals surface area (Å²) in [5.41, 5.74) is 0. The maximum absolute atomic E-state index is 10.5. The van der Waals surface area contributed by atoms with E-state index in [1.54, 1.807) is 0 Å². The fourth-order valence-corrected chi connectivity index (χ4v) is 7.05. The Labute approximate surface area is 78.4 Å². The standard InChI is InChI=1S/C3H2Cl4GeO/c4-1(9)2(5)3(6,7)8-2/h8H2. The molecular formula is C3H2Cl4GeO. The van der Waals surface area contributed by atoms with Gasteiger partial charge in [0.2, 0.25) is 0 Å². The van der Waals surface area contributed by atoms with Crippen LogP contribution < -0.4 is 0 Å². The predicted molar refractivity (Wildman–Crippen MR) is 42.4 cm³/mol. The summed E-state index contributed by atoms with van der Waals surface area (Å²) >= 11 is 20.5. The van der Waals surface area contributed by atoms with Gasteiger partial charge in [-0.15, -0.1) is 0 Å². The summed E-state index contributed by atoms with van der Waals surface area (Å²) in [4.78, 5) is 10.5. The summed E-state index contributed by atoms with van der Waals surface area (Å²) in [7, 11) is 0. The molecule has 0 aromatic rings. The summed E-state index contributed by atoms with van der Waals surface area (Å²) in [6.07, 6.45) is 0. The van der Waals surface area contributed by atoms with Crippen LogP contribution in [0.5, 0.6) is 0 Å². The molecule has 1 atom stereocenters. The van der Waals surface area contributed by atoms with Crippen LogP contribution >= 0.6 is 46.4 Å². The summed E-state index contributed by atoms with van der Waals surface area (Å²) in [6, 6.07) is 0. The van der Waals surface area contributed by atoms with Gasteiger partial charge in [-0.05, 0) is 0 Å². The molecule has 1 aliphatic heterocycles. The second-order valence-electron chi connectivity index (χ2n) is 1.96. The number of alkyl halides is 3. The minimum atomic E-state index is -1.32. The van der Waals surface area contributed by atoms with Crippen LogP contribution in [0.3, 0.4) is 0 Å². The molecule has 0 aromatic heterocycles. The zero-order chi connectivity index (χ0) is 7.28. The van der Waals surface area contributed by atoms with Crippen molar-refractivity contribution in [2.45, 2.75) is 6.87 Å². The van der Waals surface area contributed by atoms with Gasteiger partial charge < -0.3 is 0 Å². The van der Waals surface area contributed by atoms with Gasteiger partial charge in [-0.1, -0.05) is 0 Å². The molecule has 1 saturated heterocycles. The molecule has 1 unspecified atom stereocenters. The minimum absolute atomic E-state index is 0.603. The van der Waals surface area contributed by atoms with Crippen molar-refractivity contribution in [3.05, 3.63) is 0 Å². The number of carbonyl (C=O) groups is 1. The Morgan fingerprint density at radius 2 is 1.67 bits per heavy atom. The summed E-state index contributed by atoms with van der Waals surface area (Å²) in [6.45, 7) is 0. The van der Waals surface area contributed by atoms with Crippen LogP contribution in [0.4, 0.5) is 0 Å². The molecule has 0 amide bonds. The van der Waals surface area contributed by atoms with Gasteiger partial charge in [-0.3, -0.25) is 0 Å². The Kier molecular flexibility index (Phi) is 2.05. The van der Waals surface area contributed by atoms with Gasteiger partial charge in [0.15, 0.2) is 0 Å². The Morgan fingerprint density at radius 1 is 1.33 bits per heavy atom. The second-order valence-corrected chi connectivity index (χ2v) is 12.4. The summed E-state index contributed by atoms with van der Waals surface area (Å²) < 4.78 is -1.99. The first-order chi connectivity index (χ1) is 3.90. The Balaban J connectivity index is 2.74. The van der Waals surface area contributed by atoms with Crippen molar-refractivity contribution >= 4 is 67.1 Å². The second kappa shape index (κ2) is 2.18. The molecule has 1 rings (SSSR count). The Morgan fingerprint density at radius 3 is 1.67 bits per heavy atom. The number of carbonyl (C=O) groups excluding carboxylic acids is 1. The molecule has 0 radical (unpaired) electrons. The first-order valence-corrected chi connectivity index (χ1v) is 6.65. The SMILES string of the molecule is O=C(Cl)[C]1(Cl)[GeH2][C]1(Cl)Cl. The average Bonchev–Trinajstić information content (AvgIpc) is 2.08. The van der Waals surface area contributed by atoms with Crippen molar-refractivity contribution in [3.8, 4) is 0 Å². The molecule has 1 nitrogen and oxygen atoms in total. The van der Waals surface area contributed by atoms with E-state index in [0.29, 0.717) is 0 Å². The van der Waals surface area contributed by atoms with Crippen LogP contribution in [0.25, 0.3) is 0 Å². The van der Waals surface area contributed by atoms with Gasteiger partial charge in [0.05, 0.1) is 0 Å². The van der Waals surface area contributed by atoms with E-state index in [4.69, 9.17) is 46.4 Å². The van der Waals surface area contributed by atoms with Gasteiger partial charge in [0.1, 0.15) is 0 Å². The molecule has 0 bridgehead atoms. The van der Waals surface area contributed by atoms with Gasteiger partial charge in [0, 0.05) is 0 Å². The number of hydrogen-bond acceptors (Lipinski definition) is 1. The maximum atomic E-state index is 10.5. The van der Waals surface area contributed by atoms with Gasteiger partial charge in [0.25, 0.3) is 0 Å². The fourth-order valence-electron chi connectivity index (χ4n) is 0.475. The van der Waals surface area contributed by atoms with E-state index in [0.717, 1.165) is 0 Å². The summed E-state index contributed by atoms with van der Waals surface area (Å²) in [5.74, 6) is 0. The molecule has 1 fully saturated rings. The zero-order valence-electron chi connectivity index (χ0n) is 4.13. The predicted octanol–water partition coefficient (Wildman–Crippen LogP) is 1.00. The first-order valence-electron chi connectivity index (χ1n) is 2.17. The van der Waals surface area contributed by atoms with Crippen molar-refractivity contribution in [2.75, 3.05) is 0 Å². The van der Waals surface area contributed by atoms with Gasteiger partial charge in [-0.2, -0.15) is 0 Å².